The zero-order valence-corrected chi connectivity index (χ0v) is 18.5. The number of nitrogen functional groups attached to an aromatic ring is 1. The van der Waals surface area contributed by atoms with E-state index in [1.807, 2.05) is 43.3 Å². The van der Waals surface area contributed by atoms with Crippen LogP contribution in [0.15, 0.2) is 72.8 Å². The third-order valence-electron chi connectivity index (χ3n) is 4.64. The van der Waals surface area contributed by atoms with Crippen LogP contribution in [0.3, 0.4) is 0 Å². The summed E-state index contributed by atoms with van der Waals surface area (Å²) in [6.45, 7) is 2.21. The minimum absolute atomic E-state index is 0. The number of halogens is 1. The number of aryl methyl sites for hydroxylation is 1. The Morgan fingerprint density at radius 2 is 1.69 bits per heavy atom. The molecule has 7 nitrogen and oxygen atoms in total. The molecule has 6 N–H and O–H groups in total. The van der Waals surface area contributed by atoms with E-state index in [4.69, 9.17) is 11.1 Å². The predicted octanol–water partition coefficient (Wildman–Crippen LogP) is 3.68. The molecule has 8 heteroatoms. The van der Waals surface area contributed by atoms with Gasteiger partial charge < -0.3 is 21.7 Å². The molecule has 32 heavy (non-hydrogen) atoms. The summed E-state index contributed by atoms with van der Waals surface area (Å²) < 4.78 is 0. The van der Waals surface area contributed by atoms with Gasteiger partial charge in [-0.15, -0.1) is 12.4 Å². The molecule has 0 saturated carbocycles. The van der Waals surface area contributed by atoms with E-state index in [9.17, 15) is 9.59 Å². The average Bonchev–Trinajstić information content (AvgIpc) is 2.77. The van der Waals surface area contributed by atoms with Gasteiger partial charge in [0.2, 0.25) is 5.91 Å². The lowest BCUT2D eigenvalue weighted by molar-refractivity contribution is -0.114. The highest BCUT2D eigenvalue weighted by molar-refractivity contribution is 5.97. The Balaban J connectivity index is 0.00000363. The van der Waals surface area contributed by atoms with Crippen LogP contribution in [0.25, 0.3) is 0 Å². The first-order valence-corrected chi connectivity index (χ1v) is 9.83. The van der Waals surface area contributed by atoms with Gasteiger partial charge in [0.1, 0.15) is 5.84 Å². The Morgan fingerprint density at radius 1 is 0.938 bits per heavy atom. The molecular weight excluding hydrogens is 426 g/mol. The topological polar surface area (TPSA) is 120 Å². The fraction of sp³-hybridized carbons (Fsp3) is 0.125. The molecule has 0 spiro atoms. The number of para-hydroxylation sites is 1. The molecule has 0 atom stereocenters. The molecular formula is C24H26ClN5O2. The van der Waals surface area contributed by atoms with Crippen molar-refractivity contribution in [3.63, 3.8) is 0 Å². The monoisotopic (exact) mass is 451 g/mol. The van der Waals surface area contributed by atoms with E-state index in [0.717, 1.165) is 11.1 Å². The van der Waals surface area contributed by atoms with Crippen molar-refractivity contribution in [2.75, 3.05) is 17.2 Å². The number of nitrogens with one attached hydrogen (secondary N) is 4. The zero-order chi connectivity index (χ0) is 22.2. The molecule has 3 rings (SSSR count). The number of rotatable bonds is 8. The van der Waals surface area contributed by atoms with Crippen LogP contribution in [0.2, 0.25) is 0 Å². The van der Waals surface area contributed by atoms with Gasteiger partial charge in [0, 0.05) is 29.0 Å². The van der Waals surface area contributed by atoms with Gasteiger partial charge in [-0.25, -0.2) is 0 Å². The fourth-order valence-electron chi connectivity index (χ4n) is 3.03. The minimum Gasteiger partial charge on any atom is -0.384 e. The quantitative estimate of drug-likeness (QED) is 0.265. The number of amidine groups is 1. The van der Waals surface area contributed by atoms with Crippen molar-refractivity contribution < 1.29 is 9.59 Å². The van der Waals surface area contributed by atoms with E-state index in [2.05, 4.69) is 16.0 Å². The number of nitrogens with two attached hydrogens (primary N) is 1. The van der Waals surface area contributed by atoms with Gasteiger partial charge in [-0.1, -0.05) is 48.0 Å². The molecule has 0 aromatic heterocycles. The van der Waals surface area contributed by atoms with Crippen LogP contribution in [-0.2, 0) is 11.3 Å². The summed E-state index contributed by atoms with van der Waals surface area (Å²) >= 11 is 0. The van der Waals surface area contributed by atoms with Gasteiger partial charge in [-0.05, 0) is 42.8 Å². The van der Waals surface area contributed by atoms with Gasteiger partial charge in [0.15, 0.2) is 0 Å². The summed E-state index contributed by atoms with van der Waals surface area (Å²) in [5.74, 6) is -0.478. The molecule has 0 heterocycles. The number of carbonyl (C=O) groups is 2. The maximum atomic E-state index is 12.5. The molecule has 0 aliphatic carbocycles. The van der Waals surface area contributed by atoms with Crippen molar-refractivity contribution in [2.24, 2.45) is 5.73 Å². The lowest BCUT2D eigenvalue weighted by Crippen LogP contribution is -2.25. The summed E-state index contributed by atoms with van der Waals surface area (Å²) in [5, 5.41) is 16.5. The van der Waals surface area contributed by atoms with Crippen molar-refractivity contribution in [1.29, 1.82) is 5.41 Å². The highest BCUT2D eigenvalue weighted by Crippen LogP contribution is 2.18. The second-order valence-electron chi connectivity index (χ2n) is 7.11. The van der Waals surface area contributed by atoms with Gasteiger partial charge in [-0.3, -0.25) is 15.0 Å². The van der Waals surface area contributed by atoms with E-state index >= 15 is 0 Å². The highest BCUT2D eigenvalue weighted by atomic mass is 35.5. The number of hydrogen-bond donors (Lipinski definition) is 5. The maximum Gasteiger partial charge on any atom is 0.251 e. The number of amides is 2. The van der Waals surface area contributed by atoms with Gasteiger partial charge in [0.05, 0.1) is 6.54 Å². The smallest absolute Gasteiger partial charge is 0.251 e. The Labute approximate surface area is 193 Å². The zero-order valence-electron chi connectivity index (χ0n) is 17.6. The second kappa shape index (κ2) is 11.5. The molecule has 0 aliphatic heterocycles. The van der Waals surface area contributed by atoms with Crippen molar-refractivity contribution >= 4 is 41.4 Å². The summed E-state index contributed by atoms with van der Waals surface area (Å²) in [6, 6.07) is 21.7. The molecule has 3 aromatic carbocycles. The Kier molecular flexibility index (Phi) is 8.80. The Morgan fingerprint density at radius 3 is 2.38 bits per heavy atom. The summed E-state index contributed by atoms with van der Waals surface area (Å²) in [5.41, 5.74) is 9.83. The van der Waals surface area contributed by atoms with E-state index in [-0.39, 0.29) is 43.1 Å². The molecule has 3 aromatic rings. The van der Waals surface area contributed by atoms with Crippen molar-refractivity contribution in [3.05, 3.63) is 95.1 Å². The number of anilines is 2. The van der Waals surface area contributed by atoms with Gasteiger partial charge in [-0.2, -0.15) is 0 Å². The first-order chi connectivity index (χ1) is 14.9. The highest BCUT2D eigenvalue weighted by Gasteiger charge is 2.11. The number of carbonyl (C=O) groups excluding carboxylic acids is 2. The first-order valence-electron chi connectivity index (χ1n) is 9.83. The largest absolute Gasteiger partial charge is 0.384 e. The summed E-state index contributed by atoms with van der Waals surface area (Å²) in [6.07, 6.45) is 0. The Bertz CT molecular complexity index is 1100. The number of benzene rings is 3. The first kappa shape index (κ1) is 24.4. The van der Waals surface area contributed by atoms with Crippen molar-refractivity contribution in [3.8, 4) is 0 Å². The van der Waals surface area contributed by atoms with Crippen LogP contribution in [0.1, 0.15) is 27.0 Å². The third kappa shape index (κ3) is 6.85. The third-order valence-corrected chi connectivity index (χ3v) is 4.64. The SMILES string of the molecule is Cc1cccc(C(=O)NCc2ccc(C(=N)N)cc2NCC(=O)Nc2ccccc2)c1.Cl. The van der Waals surface area contributed by atoms with Crippen LogP contribution in [0.5, 0.6) is 0 Å². The molecule has 0 aliphatic rings. The van der Waals surface area contributed by atoms with Crippen molar-refractivity contribution in [2.45, 2.75) is 13.5 Å². The molecule has 0 bridgehead atoms. The molecule has 0 fully saturated rings. The summed E-state index contributed by atoms with van der Waals surface area (Å²) in [7, 11) is 0. The van der Waals surface area contributed by atoms with E-state index in [0.29, 0.717) is 22.5 Å². The molecule has 0 radical (unpaired) electrons. The second-order valence-corrected chi connectivity index (χ2v) is 7.11. The van der Waals surface area contributed by atoms with Gasteiger partial charge in [0.25, 0.3) is 5.91 Å². The standard InChI is InChI=1S/C24H25N5O2.ClH/c1-16-6-5-7-18(12-16)24(31)28-14-19-11-10-17(23(25)26)13-21(19)27-15-22(30)29-20-8-3-2-4-9-20;/h2-13,27H,14-15H2,1H3,(H3,25,26)(H,28,31)(H,29,30);1H. The van der Waals surface area contributed by atoms with Crippen LogP contribution < -0.4 is 21.7 Å². The van der Waals surface area contributed by atoms with E-state index in [1.54, 1.807) is 36.4 Å². The van der Waals surface area contributed by atoms with Gasteiger partial charge >= 0.3 is 0 Å². The van der Waals surface area contributed by atoms with E-state index in [1.165, 1.54) is 0 Å². The normalized spacial score (nSPS) is 9.91. The lowest BCUT2D eigenvalue weighted by atomic mass is 10.1. The molecule has 2 amide bonds. The minimum atomic E-state index is -0.214. The molecule has 0 saturated heterocycles. The van der Waals surface area contributed by atoms with Crippen LogP contribution in [-0.4, -0.2) is 24.2 Å². The van der Waals surface area contributed by atoms with Crippen molar-refractivity contribution in [1.82, 2.24) is 5.32 Å². The lowest BCUT2D eigenvalue weighted by Gasteiger charge is -2.15. The predicted molar refractivity (Wildman–Crippen MR) is 131 cm³/mol. The number of hydrogen-bond acceptors (Lipinski definition) is 4. The van der Waals surface area contributed by atoms with E-state index < -0.39 is 0 Å². The Hall–Kier alpha value is -3.84. The fourth-order valence-corrected chi connectivity index (χ4v) is 3.03. The average molecular weight is 452 g/mol. The maximum absolute atomic E-state index is 12.5. The summed E-state index contributed by atoms with van der Waals surface area (Å²) in [4.78, 5) is 24.8. The molecule has 0 unspecified atom stereocenters. The van der Waals surface area contributed by atoms with Crippen LogP contribution in [0.4, 0.5) is 11.4 Å². The molecule has 166 valence electrons. The van der Waals surface area contributed by atoms with Crippen LogP contribution >= 0.6 is 12.4 Å². The van der Waals surface area contributed by atoms with Crippen LogP contribution in [0, 0.1) is 12.3 Å².